The topological polar surface area (TPSA) is 67.0 Å². The Morgan fingerprint density at radius 3 is 2.91 bits per heavy atom. The van der Waals surface area contributed by atoms with E-state index in [0.29, 0.717) is 5.75 Å². The quantitative estimate of drug-likeness (QED) is 0.776. The van der Waals surface area contributed by atoms with Crippen LogP contribution < -0.4 is 10.1 Å². The molecule has 0 aliphatic carbocycles. The largest absolute Gasteiger partial charge is 0.484 e. The highest BCUT2D eigenvalue weighted by Crippen LogP contribution is 2.19. The summed E-state index contributed by atoms with van der Waals surface area (Å²) in [6.45, 7) is 3.95. The Labute approximate surface area is 128 Å². The molecule has 0 fully saturated rings. The smallest absolute Gasteiger partial charge is 0.262 e. The van der Waals surface area contributed by atoms with Crippen molar-refractivity contribution in [2.24, 2.45) is 0 Å². The lowest BCUT2D eigenvalue weighted by atomic mass is 10.1. The molecule has 22 heavy (non-hydrogen) atoms. The first-order valence-electron chi connectivity index (χ1n) is 7.05. The zero-order valence-electron chi connectivity index (χ0n) is 12.5. The molecule has 1 heterocycles. The van der Waals surface area contributed by atoms with Gasteiger partial charge in [-0.15, -0.1) is 0 Å². The fraction of sp³-hybridized carbons (Fsp3) is 0.176. The molecule has 0 saturated heterocycles. The molecule has 2 aromatic carbocycles. The summed E-state index contributed by atoms with van der Waals surface area (Å²) in [7, 11) is 0. The van der Waals surface area contributed by atoms with Crippen molar-refractivity contribution < 1.29 is 9.53 Å². The van der Waals surface area contributed by atoms with Crippen LogP contribution in [0.2, 0.25) is 0 Å². The number of aryl methyl sites for hydroxylation is 2. The van der Waals surface area contributed by atoms with Gasteiger partial charge in [-0.25, -0.2) is 0 Å². The fourth-order valence-corrected chi connectivity index (χ4v) is 2.29. The van der Waals surface area contributed by atoms with E-state index in [0.717, 1.165) is 22.2 Å². The number of fused-ring (bicyclic) bond motifs is 1. The zero-order chi connectivity index (χ0) is 15.5. The molecular formula is C17H17N3O2. The van der Waals surface area contributed by atoms with Crippen LogP contribution in [-0.4, -0.2) is 22.7 Å². The van der Waals surface area contributed by atoms with E-state index in [1.165, 1.54) is 5.56 Å². The van der Waals surface area contributed by atoms with Crippen LogP contribution in [0.25, 0.3) is 10.9 Å². The number of hydrogen-bond acceptors (Lipinski definition) is 3. The summed E-state index contributed by atoms with van der Waals surface area (Å²) in [6, 6.07) is 11.4. The van der Waals surface area contributed by atoms with E-state index in [-0.39, 0.29) is 12.5 Å². The third-order valence-electron chi connectivity index (χ3n) is 3.44. The summed E-state index contributed by atoms with van der Waals surface area (Å²) in [6.07, 6.45) is 1.74. The van der Waals surface area contributed by atoms with Crippen molar-refractivity contribution in [2.45, 2.75) is 13.8 Å². The summed E-state index contributed by atoms with van der Waals surface area (Å²) in [4.78, 5) is 12.0. The molecule has 0 saturated carbocycles. The van der Waals surface area contributed by atoms with Crippen molar-refractivity contribution >= 4 is 22.5 Å². The first-order valence-corrected chi connectivity index (χ1v) is 7.05. The molecule has 0 aliphatic rings. The van der Waals surface area contributed by atoms with Gasteiger partial charge in [0, 0.05) is 17.1 Å². The number of carbonyl (C=O) groups is 1. The molecule has 112 valence electrons. The summed E-state index contributed by atoms with van der Waals surface area (Å²) in [5, 5.41) is 10.7. The van der Waals surface area contributed by atoms with Crippen molar-refractivity contribution in [3.05, 3.63) is 53.7 Å². The molecule has 0 spiro atoms. The van der Waals surface area contributed by atoms with Crippen molar-refractivity contribution in [2.75, 3.05) is 11.9 Å². The Bertz CT molecular complexity index is 824. The lowest BCUT2D eigenvalue weighted by Gasteiger charge is -2.10. The maximum absolute atomic E-state index is 12.0. The van der Waals surface area contributed by atoms with E-state index in [1.807, 2.05) is 50.2 Å². The SMILES string of the molecule is Cc1ccc(NC(=O)COc2ccc3cn[nH]c3c2)c(C)c1. The Kier molecular flexibility index (Phi) is 3.78. The molecule has 5 nitrogen and oxygen atoms in total. The molecule has 2 N–H and O–H groups in total. The molecular weight excluding hydrogens is 278 g/mol. The van der Waals surface area contributed by atoms with Crippen molar-refractivity contribution in [1.29, 1.82) is 0 Å². The molecule has 1 amide bonds. The van der Waals surface area contributed by atoms with E-state index in [4.69, 9.17) is 4.74 Å². The molecule has 0 bridgehead atoms. The lowest BCUT2D eigenvalue weighted by molar-refractivity contribution is -0.118. The second-order valence-corrected chi connectivity index (χ2v) is 5.27. The number of anilines is 1. The number of ether oxygens (including phenoxy) is 1. The zero-order valence-corrected chi connectivity index (χ0v) is 12.5. The number of benzene rings is 2. The van der Waals surface area contributed by atoms with Crippen molar-refractivity contribution in [3.8, 4) is 5.75 Å². The van der Waals surface area contributed by atoms with Crippen LogP contribution >= 0.6 is 0 Å². The van der Waals surface area contributed by atoms with E-state index >= 15 is 0 Å². The van der Waals surface area contributed by atoms with Crippen LogP contribution in [0.15, 0.2) is 42.6 Å². The highest BCUT2D eigenvalue weighted by molar-refractivity contribution is 5.92. The predicted octanol–water partition coefficient (Wildman–Crippen LogP) is 3.20. The first-order chi connectivity index (χ1) is 10.6. The van der Waals surface area contributed by atoms with Crippen LogP contribution in [0.1, 0.15) is 11.1 Å². The highest BCUT2D eigenvalue weighted by Gasteiger charge is 2.06. The number of nitrogens with zero attached hydrogens (tertiary/aromatic N) is 1. The Balaban J connectivity index is 1.62. The number of amides is 1. The number of hydrogen-bond donors (Lipinski definition) is 2. The van der Waals surface area contributed by atoms with Crippen LogP contribution in [0.4, 0.5) is 5.69 Å². The van der Waals surface area contributed by atoms with Gasteiger partial charge in [-0.3, -0.25) is 9.89 Å². The molecule has 5 heteroatoms. The van der Waals surface area contributed by atoms with Crippen LogP contribution in [0.5, 0.6) is 5.75 Å². The van der Waals surface area contributed by atoms with Gasteiger partial charge in [-0.2, -0.15) is 5.10 Å². The average molecular weight is 295 g/mol. The molecule has 0 aliphatic heterocycles. The van der Waals surface area contributed by atoms with E-state index < -0.39 is 0 Å². The highest BCUT2D eigenvalue weighted by atomic mass is 16.5. The van der Waals surface area contributed by atoms with Gasteiger partial charge in [0.15, 0.2) is 6.61 Å². The number of H-pyrrole nitrogens is 1. The van der Waals surface area contributed by atoms with E-state index in [9.17, 15) is 4.79 Å². The third-order valence-corrected chi connectivity index (χ3v) is 3.44. The third kappa shape index (κ3) is 3.09. The van der Waals surface area contributed by atoms with Gasteiger partial charge in [0.05, 0.1) is 11.7 Å². The number of aromatic amines is 1. The van der Waals surface area contributed by atoms with Gasteiger partial charge in [0.2, 0.25) is 0 Å². The molecule has 1 aromatic heterocycles. The molecule has 3 aromatic rings. The number of nitrogens with one attached hydrogen (secondary N) is 2. The summed E-state index contributed by atoms with van der Waals surface area (Å²) < 4.78 is 5.52. The maximum Gasteiger partial charge on any atom is 0.262 e. The van der Waals surface area contributed by atoms with Gasteiger partial charge < -0.3 is 10.1 Å². The number of carbonyl (C=O) groups excluding carboxylic acids is 1. The van der Waals surface area contributed by atoms with Crippen molar-refractivity contribution in [3.63, 3.8) is 0 Å². The van der Waals surface area contributed by atoms with Gasteiger partial charge in [-0.1, -0.05) is 17.7 Å². The maximum atomic E-state index is 12.0. The summed E-state index contributed by atoms with van der Waals surface area (Å²) in [5.74, 6) is 0.448. The van der Waals surface area contributed by atoms with Gasteiger partial charge in [0.1, 0.15) is 5.75 Å². The second kappa shape index (κ2) is 5.89. The lowest BCUT2D eigenvalue weighted by Crippen LogP contribution is -2.20. The summed E-state index contributed by atoms with van der Waals surface area (Å²) in [5.41, 5.74) is 3.89. The van der Waals surface area contributed by atoms with E-state index in [2.05, 4.69) is 15.5 Å². The molecule has 0 atom stereocenters. The number of aromatic nitrogens is 2. The van der Waals surface area contributed by atoms with E-state index in [1.54, 1.807) is 6.20 Å². The molecule has 0 unspecified atom stereocenters. The average Bonchev–Trinajstić information content (AvgIpc) is 2.95. The predicted molar refractivity (Wildman–Crippen MR) is 86.1 cm³/mol. The normalized spacial score (nSPS) is 10.6. The molecule has 3 rings (SSSR count). The van der Waals surface area contributed by atoms with Gasteiger partial charge in [0.25, 0.3) is 5.91 Å². The minimum Gasteiger partial charge on any atom is -0.484 e. The Morgan fingerprint density at radius 1 is 1.23 bits per heavy atom. The molecule has 0 radical (unpaired) electrons. The monoisotopic (exact) mass is 295 g/mol. The van der Waals surface area contributed by atoms with Crippen LogP contribution in [-0.2, 0) is 4.79 Å². The van der Waals surface area contributed by atoms with Crippen molar-refractivity contribution in [1.82, 2.24) is 10.2 Å². The summed E-state index contributed by atoms with van der Waals surface area (Å²) >= 11 is 0. The fourth-order valence-electron chi connectivity index (χ4n) is 2.29. The minimum absolute atomic E-state index is 0.0348. The minimum atomic E-state index is -0.184. The van der Waals surface area contributed by atoms with Gasteiger partial charge >= 0.3 is 0 Å². The number of rotatable bonds is 4. The Morgan fingerprint density at radius 2 is 2.09 bits per heavy atom. The standard InChI is InChI=1S/C17H17N3O2/c1-11-3-6-15(12(2)7-11)19-17(21)10-22-14-5-4-13-9-18-20-16(13)8-14/h3-9H,10H2,1-2H3,(H,18,20)(H,19,21). The van der Waals surface area contributed by atoms with Gasteiger partial charge in [-0.05, 0) is 37.6 Å². The Hall–Kier alpha value is -2.82. The second-order valence-electron chi connectivity index (χ2n) is 5.27. The van der Waals surface area contributed by atoms with Crippen LogP contribution in [0, 0.1) is 13.8 Å². The van der Waals surface area contributed by atoms with Crippen LogP contribution in [0.3, 0.4) is 0 Å². The first kappa shape index (κ1) is 14.1.